The summed E-state index contributed by atoms with van der Waals surface area (Å²) in [6, 6.07) is 12.5. The Kier molecular flexibility index (Phi) is 3.22. The van der Waals surface area contributed by atoms with E-state index < -0.39 is 0 Å². The molecule has 0 spiro atoms. The lowest BCUT2D eigenvalue weighted by atomic mass is 10.0. The van der Waals surface area contributed by atoms with Gasteiger partial charge in [0.2, 0.25) is 0 Å². The summed E-state index contributed by atoms with van der Waals surface area (Å²) in [5.74, 6) is 0. The normalized spacial score (nSPS) is 15.2. The van der Waals surface area contributed by atoms with Crippen LogP contribution >= 0.6 is 0 Å². The molecule has 1 aromatic heterocycles. The molecule has 3 nitrogen and oxygen atoms in total. The van der Waals surface area contributed by atoms with E-state index in [-0.39, 0.29) is 5.56 Å². The monoisotopic (exact) mass is 254 g/mol. The van der Waals surface area contributed by atoms with Crippen molar-refractivity contribution in [2.45, 2.75) is 26.4 Å². The summed E-state index contributed by atoms with van der Waals surface area (Å²) < 4.78 is 0. The molecule has 0 atom stereocenters. The summed E-state index contributed by atoms with van der Waals surface area (Å²) in [6.45, 7) is 4.62. The molecule has 0 fully saturated rings. The van der Waals surface area contributed by atoms with Crippen molar-refractivity contribution in [1.82, 2.24) is 9.88 Å². The van der Waals surface area contributed by atoms with E-state index in [0.717, 1.165) is 37.3 Å². The van der Waals surface area contributed by atoms with Gasteiger partial charge in [0.05, 0.1) is 0 Å². The standard InChI is InChI=1S/C16H18N2O/c1-12-9-14-7-8-18(11-15(14)16(19)17-12)10-13-5-3-2-4-6-13/h2-6,9H,7-8,10-11H2,1H3,(H,17,19). The van der Waals surface area contributed by atoms with Crippen LogP contribution in [0.4, 0.5) is 0 Å². The molecule has 0 saturated heterocycles. The van der Waals surface area contributed by atoms with Crippen molar-refractivity contribution in [1.29, 1.82) is 0 Å². The molecule has 19 heavy (non-hydrogen) atoms. The number of pyridine rings is 1. The minimum absolute atomic E-state index is 0.0766. The topological polar surface area (TPSA) is 36.1 Å². The Labute approximate surface area is 112 Å². The predicted molar refractivity (Wildman–Crippen MR) is 76.1 cm³/mol. The highest BCUT2D eigenvalue weighted by Gasteiger charge is 2.19. The Morgan fingerprint density at radius 3 is 2.84 bits per heavy atom. The van der Waals surface area contributed by atoms with Crippen LogP contribution in [0.2, 0.25) is 0 Å². The quantitative estimate of drug-likeness (QED) is 0.892. The number of hydrogen-bond acceptors (Lipinski definition) is 2. The maximum Gasteiger partial charge on any atom is 0.252 e. The molecule has 0 unspecified atom stereocenters. The van der Waals surface area contributed by atoms with Crippen molar-refractivity contribution >= 4 is 0 Å². The zero-order valence-electron chi connectivity index (χ0n) is 11.1. The van der Waals surface area contributed by atoms with Gasteiger partial charge in [-0.2, -0.15) is 0 Å². The molecule has 1 aliphatic rings. The van der Waals surface area contributed by atoms with Crippen LogP contribution in [0.15, 0.2) is 41.2 Å². The van der Waals surface area contributed by atoms with Gasteiger partial charge in [0, 0.05) is 30.9 Å². The number of nitrogens with one attached hydrogen (secondary N) is 1. The fourth-order valence-corrected chi connectivity index (χ4v) is 2.74. The molecule has 98 valence electrons. The van der Waals surface area contributed by atoms with Crippen LogP contribution < -0.4 is 5.56 Å². The Bertz CT molecular complexity index is 631. The minimum Gasteiger partial charge on any atom is -0.326 e. The van der Waals surface area contributed by atoms with E-state index in [0.29, 0.717) is 0 Å². The second-order valence-electron chi connectivity index (χ2n) is 5.23. The van der Waals surface area contributed by atoms with Gasteiger partial charge in [0.25, 0.3) is 5.56 Å². The molecule has 0 bridgehead atoms. The second-order valence-corrected chi connectivity index (χ2v) is 5.23. The number of rotatable bonds is 2. The summed E-state index contributed by atoms with van der Waals surface area (Å²) in [7, 11) is 0. The highest BCUT2D eigenvalue weighted by Crippen LogP contribution is 2.18. The smallest absolute Gasteiger partial charge is 0.252 e. The maximum absolute atomic E-state index is 12.0. The molecule has 2 aromatic rings. The van der Waals surface area contributed by atoms with Crippen LogP contribution in [0.5, 0.6) is 0 Å². The zero-order valence-corrected chi connectivity index (χ0v) is 11.1. The van der Waals surface area contributed by atoms with Gasteiger partial charge in [-0.3, -0.25) is 9.69 Å². The highest BCUT2D eigenvalue weighted by molar-refractivity contribution is 5.29. The van der Waals surface area contributed by atoms with Crippen LogP contribution in [0.25, 0.3) is 0 Å². The van der Waals surface area contributed by atoms with Crippen LogP contribution in [-0.2, 0) is 19.5 Å². The van der Waals surface area contributed by atoms with Crippen LogP contribution in [0, 0.1) is 6.92 Å². The van der Waals surface area contributed by atoms with Crippen molar-refractivity contribution in [3.8, 4) is 0 Å². The summed E-state index contributed by atoms with van der Waals surface area (Å²) in [5, 5.41) is 0. The summed E-state index contributed by atoms with van der Waals surface area (Å²) in [4.78, 5) is 17.2. The Balaban J connectivity index is 1.81. The molecule has 0 radical (unpaired) electrons. The molecule has 3 heteroatoms. The first-order chi connectivity index (χ1) is 9.22. The molecule has 2 heterocycles. The second kappa shape index (κ2) is 5.02. The third-order valence-corrected chi connectivity index (χ3v) is 3.69. The van der Waals surface area contributed by atoms with E-state index in [1.54, 1.807) is 0 Å². The predicted octanol–water partition coefficient (Wildman–Crippen LogP) is 2.24. The fraction of sp³-hybridized carbons (Fsp3) is 0.312. The van der Waals surface area contributed by atoms with E-state index in [4.69, 9.17) is 0 Å². The molecule has 1 aliphatic heterocycles. The number of fused-ring (bicyclic) bond motifs is 1. The molecular formula is C16H18N2O. The lowest BCUT2D eigenvalue weighted by Gasteiger charge is -2.28. The number of aryl methyl sites for hydroxylation is 1. The van der Waals surface area contributed by atoms with E-state index in [2.05, 4.69) is 40.2 Å². The molecule has 0 aliphatic carbocycles. The number of benzene rings is 1. The van der Waals surface area contributed by atoms with Crippen LogP contribution in [0.1, 0.15) is 22.4 Å². The lowest BCUT2D eigenvalue weighted by Crippen LogP contribution is -2.34. The average Bonchev–Trinajstić information content (AvgIpc) is 2.40. The summed E-state index contributed by atoms with van der Waals surface area (Å²) in [5.41, 5.74) is 4.49. The maximum atomic E-state index is 12.0. The first-order valence-corrected chi connectivity index (χ1v) is 6.70. The van der Waals surface area contributed by atoms with E-state index in [9.17, 15) is 4.79 Å². The zero-order chi connectivity index (χ0) is 13.2. The molecular weight excluding hydrogens is 236 g/mol. The van der Waals surface area contributed by atoms with Gasteiger partial charge in [-0.25, -0.2) is 0 Å². The molecule has 0 saturated carbocycles. The van der Waals surface area contributed by atoms with Crippen molar-refractivity contribution in [2.24, 2.45) is 0 Å². The minimum atomic E-state index is 0.0766. The molecule has 1 aromatic carbocycles. The van der Waals surface area contributed by atoms with Gasteiger partial charge in [-0.1, -0.05) is 30.3 Å². The van der Waals surface area contributed by atoms with Crippen molar-refractivity contribution < 1.29 is 0 Å². The number of aromatic amines is 1. The lowest BCUT2D eigenvalue weighted by molar-refractivity contribution is 0.244. The van der Waals surface area contributed by atoms with E-state index in [1.165, 1.54) is 11.1 Å². The van der Waals surface area contributed by atoms with Crippen LogP contribution in [0.3, 0.4) is 0 Å². The van der Waals surface area contributed by atoms with Gasteiger partial charge < -0.3 is 4.98 Å². The van der Waals surface area contributed by atoms with Crippen molar-refractivity contribution in [3.05, 3.63) is 69.1 Å². The van der Waals surface area contributed by atoms with Gasteiger partial charge in [-0.15, -0.1) is 0 Å². The Morgan fingerprint density at radius 1 is 1.26 bits per heavy atom. The number of hydrogen-bond donors (Lipinski definition) is 1. The largest absolute Gasteiger partial charge is 0.326 e. The number of nitrogens with zero attached hydrogens (tertiary/aromatic N) is 1. The third kappa shape index (κ3) is 2.61. The van der Waals surface area contributed by atoms with Gasteiger partial charge >= 0.3 is 0 Å². The molecule has 0 amide bonds. The number of H-pyrrole nitrogens is 1. The first-order valence-electron chi connectivity index (χ1n) is 6.70. The molecule has 1 N–H and O–H groups in total. The van der Waals surface area contributed by atoms with E-state index >= 15 is 0 Å². The number of aromatic nitrogens is 1. The summed E-state index contributed by atoms with van der Waals surface area (Å²) in [6.07, 6.45) is 0.965. The SMILES string of the molecule is Cc1cc2c(c(=O)[nH]1)CN(Cc1ccccc1)CC2. The van der Waals surface area contributed by atoms with Crippen molar-refractivity contribution in [3.63, 3.8) is 0 Å². The Morgan fingerprint density at radius 2 is 2.05 bits per heavy atom. The van der Waals surface area contributed by atoms with E-state index in [1.807, 2.05) is 13.0 Å². The average molecular weight is 254 g/mol. The third-order valence-electron chi connectivity index (χ3n) is 3.69. The molecule has 3 rings (SSSR count). The van der Waals surface area contributed by atoms with Gasteiger partial charge in [-0.05, 0) is 30.5 Å². The van der Waals surface area contributed by atoms with Gasteiger partial charge in [0.1, 0.15) is 0 Å². The Hall–Kier alpha value is -1.87. The van der Waals surface area contributed by atoms with Gasteiger partial charge in [0.15, 0.2) is 0 Å². The summed E-state index contributed by atoms with van der Waals surface area (Å²) >= 11 is 0. The van der Waals surface area contributed by atoms with Crippen LogP contribution in [-0.4, -0.2) is 16.4 Å². The van der Waals surface area contributed by atoms with Crippen molar-refractivity contribution in [2.75, 3.05) is 6.54 Å². The first kappa shape index (κ1) is 12.2. The fourth-order valence-electron chi connectivity index (χ4n) is 2.74. The highest BCUT2D eigenvalue weighted by atomic mass is 16.1.